The highest BCUT2D eigenvalue weighted by molar-refractivity contribution is 7.89. The standard InChI is InChI=1S/C11H19N3O2S/c1-9-11(17(12,15)16)8-13-14(9)10-6-4-2-3-5-7-10/h8,10H,2-7H2,1H3,(H2,12,15,16). The summed E-state index contributed by atoms with van der Waals surface area (Å²) in [6.07, 6.45) is 8.43. The molecule has 2 N–H and O–H groups in total. The lowest BCUT2D eigenvalue weighted by Crippen LogP contribution is -2.15. The summed E-state index contributed by atoms with van der Waals surface area (Å²) in [6, 6.07) is 0.327. The van der Waals surface area contributed by atoms with Gasteiger partial charge in [0.1, 0.15) is 4.90 Å². The van der Waals surface area contributed by atoms with E-state index in [1.165, 1.54) is 31.9 Å². The van der Waals surface area contributed by atoms with Crippen LogP contribution in [0, 0.1) is 6.92 Å². The number of aromatic nitrogens is 2. The molecular weight excluding hydrogens is 238 g/mol. The molecule has 1 aromatic rings. The molecule has 17 heavy (non-hydrogen) atoms. The van der Waals surface area contributed by atoms with Crippen LogP contribution >= 0.6 is 0 Å². The maximum atomic E-state index is 11.3. The van der Waals surface area contributed by atoms with E-state index in [4.69, 9.17) is 5.14 Å². The van der Waals surface area contributed by atoms with Gasteiger partial charge in [-0.1, -0.05) is 25.7 Å². The first-order chi connectivity index (χ1) is 8.00. The van der Waals surface area contributed by atoms with Crippen molar-refractivity contribution in [2.24, 2.45) is 5.14 Å². The Morgan fingerprint density at radius 3 is 2.35 bits per heavy atom. The van der Waals surface area contributed by atoms with E-state index in [1.807, 2.05) is 4.68 Å². The molecule has 0 amide bonds. The third-order valence-corrected chi connectivity index (χ3v) is 4.49. The molecule has 96 valence electrons. The van der Waals surface area contributed by atoms with Crippen molar-refractivity contribution in [1.29, 1.82) is 0 Å². The molecule has 0 aliphatic heterocycles. The van der Waals surface area contributed by atoms with E-state index in [0.29, 0.717) is 11.7 Å². The second-order valence-corrected chi connectivity index (χ2v) is 6.26. The van der Waals surface area contributed by atoms with Gasteiger partial charge < -0.3 is 0 Å². The molecule has 1 aliphatic carbocycles. The van der Waals surface area contributed by atoms with Crippen molar-refractivity contribution in [2.45, 2.75) is 56.4 Å². The van der Waals surface area contributed by atoms with Crippen LogP contribution < -0.4 is 5.14 Å². The number of nitrogens with zero attached hydrogens (tertiary/aromatic N) is 2. The summed E-state index contributed by atoms with van der Waals surface area (Å²) < 4.78 is 24.5. The number of hydrogen-bond acceptors (Lipinski definition) is 3. The Hall–Kier alpha value is -0.880. The largest absolute Gasteiger partial charge is 0.265 e. The molecule has 1 heterocycles. The van der Waals surface area contributed by atoms with E-state index < -0.39 is 10.0 Å². The predicted octanol–water partition coefficient (Wildman–Crippen LogP) is 1.73. The number of sulfonamides is 1. The second-order valence-electron chi connectivity index (χ2n) is 4.73. The average Bonchev–Trinajstić information content (AvgIpc) is 2.50. The summed E-state index contributed by atoms with van der Waals surface area (Å²) >= 11 is 0. The van der Waals surface area contributed by atoms with Crippen LogP contribution in [-0.2, 0) is 10.0 Å². The van der Waals surface area contributed by atoms with Crippen LogP contribution in [0.2, 0.25) is 0 Å². The third kappa shape index (κ3) is 2.69. The first kappa shape index (κ1) is 12.6. The first-order valence-electron chi connectivity index (χ1n) is 6.07. The Balaban J connectivity index is 2.30. The van der Waals surface area contributed by atoms with E-state index >= 15 is 0 Å². The minimum Gasteiger partial charge on any atom is -0.265 e. The summed E-state index contributed by atoms with van der Waals surface area (Å²) in [7, 11) is -3.64. The van der Waals surface area contributed by atoms with Gasteiger partial charge in [-0.2, -0.15) is 5.10 Å². The molecule has 0 radical (unpaired) electrons. The van der Waals surface area contributed by atoms with Crippen LogP contribution in [0.3, 0.4) is 0 Å². The van der Waals surface area contributed by atoms with Crippen molar-refractivity contribution in [1.82, 2.24) is 9.78 Å². The van der Waals surface area contributed by atoms with Gasteiger partial charge in [0.2, 0.25) is 10.0 Å². The van der Waals surface area contributed by atoms with E-state index in [0.717, 1.165) is 12.8 Å². The van der Waals surface area contributed by atoms with Crippen molar-refractivity contribution in [3.8, 4) is 0 Å². The highest BCUT2D eigenvalue weighted by atomic mass is 32.2. The van der Waals surface area contributed by atoms with E-state index in [9.17, 15) is 8.42 Å². The highest BCUT2D eigenvalue weighted by Crippen LogP contribution is 2.28. The van der Waals surface area contributed by atoms with Gasteiger partial charge in [-0.3, -0.25) is 4.68 Å². The van der Waals surface area contributed by atoms with Crippen LogP contribution in [-0.4, -0.2) is 18.2 Å². The summed E-state index contributed by atoms with van der Waals surface area (Å²) in [5, 5.41) is 9.36. The summed E-state index contributed by atoms with van der Waals surface area (Å²) in [5.74, 6) is 0. The minimum absolute atomic E-state index is 0.154. The van der Waals surface area contributed by atoms with Gasteiger partial charge in [0, 0.05) is 0 Å². The summed E-state index contributed by atoms with van der Waals surface area (Å²) in [6.45, 7) is 1.78. The van der Waals surface area contributed by atoms with Crippen molar-refractivity contribution >= 4 is 10.0 Å². The fourth-order valence-corrected chi connectivity index (χ4v) is 3.26. The normalized spacial score (nSPS) is 19.2. The molecule has 1 fully saturated rings. The van der Waals surface area contributed by atoms with Gasteiger partial charge in [-0.15, -0.1) is 0 Å². The quantitative estimate of drug-likeness (QED) is 0.820. The zero-order valence-electron chi connectivity index (χ0n) is 10.1. The number of hydrogen-bond donors (Lipinski definition) is 1. The van der Waals surface area contributed by atoms with Crippen LogP contribution in [0.4, 0.5) is 0 Å². The lowest BCUT2D eigenvalue weighted by Gasteiger charge is -2.16. The van der Waals surface area contributed by atoms with Gasteiger partial charge in [0.15, 0.2) is 0 Å². The molecule has 0 atom stereocenters. The van der Waals surface area contributed by atoms with Gasteiger partial charge in [-0.25, -0.2) is 13.6 Å². The molecule has 0 spiro atoms. The Morgan fingerprint density at radius 1 is 1.29 bits per heavy atom. The molecular formula is C11H19N3O2S. The Morgan fingerprint density at radius 2 is 1.88 bits per heavy atom. The third-order valence-electron chi connectivity index (χ3n) is 3.48. The number of rotatable bonds is 2. The van der Waals surface area contributed by atoms with E-state index in [-0.39, 0.29) is 4.90 Å². The molecule has 1 aromatic heterocycles. The smallest absolute Gasteiger partial charge is 0.241 e. The fourth-order valence-electron chi connectivity index (χ4n) is 2.56. The Kier molecular flexibility index (Phi) is 3.53. The monoisotopic (exact) mass is 257 g/mol. The predicted molar refractivity (Wildman–Crippen MR) is 65.1 cm³/mol. The summed E-state index contributed by atoms with van der Waals surface area (Å²) in [5.41, 5.74) is 0.666. The van der Waals surface area contributed by atoms with Crippen LogP contribution in [0.5, 0.6) is 0 Å². The van der Waals surface area contributed by atoms with Crippen LogP contribution in [0.1, 0.15) is 50.3 Å². The number of primary sulfonamides is 1. The molecule has 2 rings (SSSR count). The van der Waals surface area contributed by atoms with Crippen molar-refractivity contribution in [3.63, 3.8) is 0 Å². The molecule has 0 aromatic carbocycles. The average molecular weight is 257 g/mol. The molecule has 0 bridgehead atoms. The van der Waals surface area contributed by atoms with Gasteiger partial charge >= 0.3 is 0 Å². The highest BCUT2D eigenvalue weighted by Gasteiger charge is 2.21. The SMILES string of the molecule is Cc1c(S(N)(=O)=O)cnn1C1CCCCCC1. The molecule has 1 saturated carbocycles. The van der Waals surface area contributed by atoms with Gasteiger partial charge in [0.25, 0.3) is 0 Å². The van der Waals surface area contributed by atoms with Gasteiger partial charge in [0.05, 0.1) is 17.9 Å². The van der Waals surface area contributed by atoms with Crippen molar-refractivity contribution in [2.75, 3.05) is 0 Å². The molecule has 0 saturated heterocycles. The Labute approximate surface area is 102 Å². The minimum atomic E-state index is -3.64. The first-order valence-corrected chi connectivity index (χ1v) is 7.61. The fraction of sp³-hybridized carbons (Fsp3) is 0.727. The molecule has 1 aliphatic rings. The van der Waals surface area contributed by atoms with Crippen molar-refractivity contribution in [3.05, 3.63) is 11.9 Å². The zero-order chi connectivity index (χ0) is 12.5. The summed E-state index contributed by atoms with van der Waals surface area (Å²) in [4.78, 5) is 0.154. The Bertz CT molecular complexity index is 485. The maximum Gasteiger partial charge on any atom is 0.241 e. The van der Waals surface area contributed by atoms with Crippen molar-refractivity contribution < 1.29 is 8.42 Å². The van der Waals surface area contributed by atoms with E-state index in [2.05, 4.69) is 5.10 Å². The van der Waals surface area contributed by atoms with Crippen LogP contribution in [0.25, 0.3) is 0 Å². The lowest BCUT2D eigenvalue weighted by atomic mass is 10.1. The molecule has 5 nitrogen and oxygen atoms in total. The number of nitrogens with two attached hydrogens (primary N) is 1. The van der Waals surface area contributed by atoms with Gasteiger partial charge in [-0.05, 0) is 19.8 Å². The zero-order valence-corrected chi connectivity index (χ0v) is 10.9. The molecule has 0 unspecified atom stereocenters. The topological polar surface area (TPSA) is 78.0 Å². The van der Waals surface area contributed by atoms with Crippen LogP contribution in [0.15, 0.2) is 11.1 Å². The second kappa shape index (κ2) is 4.78. The lowest BCUT2D eigenvalue weighted by molar-refractivity contribution is 0.397. The molecule has 6 heteroatoms. The maximum absolute atomic E-state index is 11.3. The van der Waals surface area contributed by atoms with E-state index in [1.54, 1.807) is 6.92 Å².